The molecule has 24 heavy (non-hydrogen) atoms. The largest absolute Gasteiger partial charge is 0.370 e. The molecular formula is C19H23N3O2. The van der Waals surface area contributed by atoms with E-state index in [9.17, 15) is 9.59 Å². The highest BCUT2D eigenvalue weighted by molar-refractivity contribution is 5.98. The third-order valence-electron chi connectivity index (χ3n) is 3.50. The molecule has 5 nitrogen and oxygen atoms in total. The Bertz CT molecular complexity index is 694. The van der Waals surface area contributed by atoms with Crippen molar-refractivity contribution >= 4 is 17.6 Å². The molecule has 1 atom stereocenters. The summed E-state index contributed by atoms with van der Waals surface area (Å²) in [4.78, 5) is 24.2. The first-order chi connectivity index (χ1) is 11.5. The second-order valence-corrected chi connectivity index (χ2v) is 5.71. The number of carbonyl (C=O) groups excluding carboxylic acids is 2. The Balaban J connectivity index is 2.26. The third kappa shape index (κ3) is 4.84. The van der Waals surface area contributed by atoms with Crippen LogP contribution < -0.4 is 16.0 Å². The highest BCUT2D eigenvalue weighted by atomic mass is 16.2. The van der Waals surface area contributed by atoms with Gasteiger partial charge in [0.2, 0.25) is 0 Å². The van der Waals surface area contributed by atoms with Gasteiger partial charge < -0.3 is 10.6 Å². The molecule has 0 unspecified atom stereocenters. The lowest BCUT2D eigenvalue weighted by molar-refractivity contribution is -0.120. The molecule has 126 valence electrons. The fourth-order valence-corrected chi connectivity index (χ4v) is 2.56. The van der Waals surface area contributed by atoms with E-state index in [0.717, 1.165) is 22.4 Å². The average Bonchev–Trinajstić information content (AvgIpc) is 2.52. The van der Waals surface area contributed by atoms with Gasteiger partial charge in [0.15, 0.2) is 0 Å². The second-order valence-electron chi connectivity index (χ2n) is 5.71. The van der Waals surface area contributed by atoms with E-state index in [1.807, 2.05) is 56.3 Å². The normalized spacial score (nSPS) is 11.5. The van der Waals surface area contributed by atoms with Crippen molar-refractivity contribution in [3.63, 3.8) is 0 Å². The molecule has 0 aliphatic heterocycles. The molecule has 2 aromatic rings. The minimum absolute atomic E-state index is 0.397. The van der Waals surface area contributed by atoms with E-state index in [1.165, 1.54) is 0 Å². The SMILES string of the molecule is CCNC(=O)NC(=O)[C@@H](Nc1cc(C)cc(C)c1)c1ccccc1. The monoisotopic (exact) mass is 325 g/mol. The Morgan fingerprint density at radius 1 is 1.00 bits per heavy atom. The predicted octanol–water partition coefficient (Wildman–Crippen LogP) is 3.30. The van der Waals surface area contributed by atoms with Crippen LogP contribution >= 0.6 is 0 Å². The minimum atomic E-state index is -0.657. The minimum Gasteiger partial charge on any atom is -0.370 e. The summed E-state index contributed by atoms with van der Waals surface area (Å²) in [5, 5.41) is 8.18. The molecule has 0 radical (unpaired) electrons. The zero-order chi connectivity index (χ0) is 17.5. The van der Waals surface area contributed by atoms with Gasteiger partial charge in [-0.3, -0.25) is 10.1 Å². The van der Waals surface area contributed by atoms with Crippen molar-refractivity contribution in [2.45, 2.75) is 26.8 Å². The van der Waals surface area contributed by atoms with Crippen molar-refractivity contribution in [2.24, 2.45) is 0 Å². The molecule has 5 heteroatoms. The number of rotatable bonds is 5. The standard InChI is InChI=1S/C19H23N3O2/c1-4-20-19(24)22-18(23)17(15-8-6-5-7-9-15)21-16-11-13(2)10-14(3)12-16/h5-12,17,21H,4H2,1-3H3,(H2,20,22,23,24)/t17-/m0/s1. The molecule has 0 saturated carbocycles. The number of carbonyl (C=O) groups is 2. The van der Waals surface area contributed by atoms with E-state index >= 15 is 0 Å². The van der Waals surface area contributed by atoms with Crippen LogP contribution in [0.2, 0.25) is 0 Å². The van der Waals surface area contributed by atoms with Gasteiger partial charge in [0, 0.05) is 12.2 Å². The lowest BCUT2D eigenvalue weighted by Gasteiger charge is -2.20. The van der Waals surface area contributed by atoms with Gasteiger partial charge in [0.05, 0.1) is 0 Å². The smallest absolute Gasteiger partial charge is 0.321 e. The molecule has 0 aliphatic rings. The van der Waals surface area contributed by atoms with E-state index in [4.69, 9.17) is 0 Å². The van der Waals surface area contributed by atoms with Crippen molar-refractivity contribution in [1.29, 1.82) is 0 Å². The summed E-state index contributed by atoms with van der Waals surface area (Å²) >= 11 is 0. The van der Waals surface area contributed by atoms with E-state index in [2.05, 4.69) is 22.0 Å². The van der Waals surface area contributed by atoms with Crippen molar-refractivity contribution in [3.05, 3.63) is 65.2 Å². The lowest BCUT2D eigenvalue weighted by atomic mass is 10.0. The van der Waals surface area contributed by atoms with Crippen molar-refractivity contribution in [1.82, 2.24) is 10.6 Å². The lowest BCUT2D eigenvalue weighted by Crippen LogP contribution is -2.43. The number of aryl methyl sites for hydroxylation is 2. The number of nitrogens with one attached hydrogen (secondary N) is 3. The first-order valence-electron chi connectivity index (χ1n) is 7.98. The first-order valence-corrected chi connectivity index (χ1v) is 7.98. The Kier molecular flexibility index (Phi) is 5.95. The van der Waals surface area contributed by atoms with E-state index in [0.29, 0.717) is 6.54 Å². The summed E-state index contributed by atoms with van der Waals surface area (Å²) in [6, 6.07) is 14.2. The van der Waals surface area contributed by atoms with Crippen molar-refractivity contribution < 1.29 is 9.59 Å². The molecule has 0 bridgehead atoms. The van der Waals surface area contributed by atoms with Gasteiger partial charge in [0.25, 0.3) is 5.91 Å². The summed E-state index contributed by atoms with van der Waals surface area (Å²) in [7, 11) is 0. The summed E-state index contributed by atoms with van der Waals surface area (Å²) in [6.45, 7) is 6.26. The summed E-state index contributed by atoms with van der Waals surface area (Å²) in [5.74, 6) is -0.397. The summed E-state index contributed by atoms with van der Waals surface area (Å²) in [6.07, 6.45) is 0. The van der Waals surface area contributed by atoms with Crippen LogP contribution in [-0.4, -0.2) is 18.5 Å². The first kappa shape index (κ1) is 17.5. The average molecular weight is 325 g/mol. The highest BCUT2D eigenvalue weighted by Gasteiger charge is 2.22. The van der Waals surface area contributed by atoms with Crippen LogP contribution in [0.15, 0.2) is 48.5 Å². The van der Waals surface area contributed by atoms with Crippen molar-refractivity contribution in [3.8, 4) is 0 Å². The molecule has 0 saturated heterocycles. The van der Waals surface area contributed by atoms with Crippen molar-refractivity contribution in [2.75, 3.05) is 11.9 Å². The Morgan fingerprint density at radius 3 is 2.21 bits per heavy atom. The van der Waals surface area contributed by atoms with Crippen LogP contribution in [0.5, 0.6) is 0 Å². The number of anilines is 1. The maximum absolute atomic E-state index is 12.6. The summed E-state index contributed by atoms with van der Waals surface area (Å²) in [5.41, 5.74) is 3.84. The van der Waals surface area contributed by atoms with Gasteiger partial charge in [-0.2, -0.15) is 0 Å². The number of benzene rings is 2. The predicted molar refractivity (Wildman–Crippen MR) is 95.9 cm³/mol. The highest BCUT2D eigenvalue weighted by Crippen LogP contribution is 2.22. The maximum Gasteiger partial charge on any atom is 0.321 e. The molecular weight excluding hydrogens is 302 g/mol. The molecule has 3 amide bonds. The molecule has 0 fully saturated rings. The van der Waals surface area contributed by atoms with Gasteiger partial charge >= 0.3 is 6.03 Å². The van der Waals surface area contributed by atoms with Crippen LogP contribution in [-0.2, 0) is 4.79 Å². The molecule has 3 N–H and O–H groups in total. The number of amides is 3. The third-order valence-corrected chi connectivity index (χ3v) is 3.50. The van der Waals surface area contributed by atoms with Crippen LogP contribution in [0.1, 0.15) is 29.7 Å². The van der Waals surface area contributed by atoms with E-state index in [1.54, 1.807) is 6.92 Å². The molecule has 2 rings (SSSR count). The topological polar surface area (TPSA) is 70.2 Å². The Labute approximate surface area is 142 Å². The zero-order valence-electron chi connectivity index (χ0n) is 14.2. The number of urea groups is 1. The molecule has 0 spiro atoms. The Morgan fingerprint density at radius 2 is 1.62 bits per heavy atom. The van der Waals surface area contributed by atoms with Gasteiger partial charge in [0.1, 0.15) is 6.04 Å². The van der Waals surface area contributed by atoms with Crippen LogP contribution in [0, 0.1) is 13.8 Å². The molecule has 0 aromatic heterocycles. The zero-order valence-corrected chi connectivity index (χ0v) is 14.2. The maximum atomic E-state index is 12.6. The van der Waals surface area contributed by atoms with Gasteiger partial charge in [-0.15, -0.1) is 0 Å². The van der Waals surface area contributed by atoms with Crippen LogP contribution in [0.3, 0.4) is 0 Å². The van der Waals surface area contributed by atoms with Gasteiger partial charge in [-0.1, -0.05) is 36.4 Å². The van der Waals surface area contributed by atoms with Gasteiger partial charge in [-0.05, 0) is 49.6 Å². The number of hydrogen-bond donors (Lipinski definition) is 3. The van der Waals surface area contributed by atoms with E-state index < -0.39 is 18.0 Å². The second kappa shape index (κ2) is 8.15. The summed E-state index contributed by atoms with van der Waals surface area (Å²) < 4.78 is 0. The number of hydrogen-bond acceptors (Lipinski definition) is 3. The fourth-order valence-electron chi connectivity index (χ4n) is 2.56. The molecule has 0 heterocycles. The van der Waals surface area contributed by atoms with Crippen LogP contribution in [0.25, 0.3) is 0 Å². The van der Waals surface area contributed by atoms with Crippen LogP contribution in [0.4, 0.5) is 10.5 Å². The van der Waals surface area contributed by atoms with E-state index in [-0.39, 0.29) is 0 Å². The molecule has 0 aliphatic carbocycles. The number of imide groups is 1. The Hall–Kier alpha value is -2.82. The quantitative estimate of drug-likeness (QED) is 0.790. The molecule has 2 aromatic carbocycles. The van der Waals surface area contributed by atoms with Gasteiger partial charge in [-0.25, -0.2) is 4.79 Å². The fraction of sp³-hybridized carbons (Fsp3) is 0.263.